The summed E-state index contributed by atoms with van der Waals surface area (Å²) in [7, 11) is 0. The molecule has 102 valence electrons. The van der Waals surface area contributed by atoms with Gasteiger partial charge in [0.05, 0.1) is 18.2 Å². The first kappa shape index (κ1) is 14.2. The molecule has 0 fully saturated rings. The van der Waals surface area contributed by atoms with Crippen LogP contribution in [0.3, 0.4) is 0 Å². The number of hydrogen-bond donors (Lipinski definition) is 1. The molecule has 0 aromatic heterocycles. The van der Waals surface area contributed by atoms with E-state index in [1.165, 1.54) is 0 Å². The number of para-hydroxylation sites is 1. The Labute approximate surface area is 121 Å². The van der Waals surface area contributed by atoms with Crippen LogP contribution >= 0.6 is 23.4 Å². The van der Waals surface area contributed by atoms with Gasteiger partial charge in [-0.15, -0.1) is 0 Å². The van der Waals surface area contributed by atoms with Crippen molar-refractivity contribution in [1.29, 1.82) is 0 Å². The molecule has 1 aliphatic heterocycles. The lowest BCUT2D eigenvalue weighted by Gasteiger charge is -2.07. The zero-order chi connectivity index (χ0) is 13.5. The van der Waals surface area contributed by atoms with Crippen molar-refractivity contribution in [1.82, 2.24) is 5.32 Å². The molecular weight excluding hydrogens is 284 g/mol. The van der Waals surface area contributed by atoms with Crippen molar-refractivity contribution in [3.05, 3.63) is 29.3 Å². The molecule has 0 spiro atoms. The molecule has 1 aliphatic rings. The van der Waals surface area contributed by atoms with Gasteiger partial charge in [0.1, 0.15) is 5.75 Å². The van der Waals surface area contributed by atoms with Crippen LogP contribution in [0, 0.1) is 0 Å². The third-order valence-corrected chi connectivity index (χ3v) is 3.68. The van der Waals surface area contributed by atoms with Crippen LogP contribution in [-0.4, -0.2) is 30.0 Å². The predicted octanol–water partition coefficient (Wildman–Crippen LogP) is 2.72. The third kappa shape index (κ3) is 4.76. The van der Waals surface area contributed by atoms with Crippen LogP contribution in [-0.2, 0) is 4.79 Å². The molecule has 0 aliphatic carbocycles. The van der Waals surface area contributed by atoms with E-state index in [0.29, 0.717) is 30.2 Å². The van der Waals surface area contributed by atoms with Gasteiger partial charge in [0, 0.05) is 12.2 Å². The Morgan fingerprint density at radius 3 is 3.05 bits per heavy atom. The number of carbonyl (C=O) groups excluding carboxylic acids is 1. The Morgan fingerprint density at radius 2 is 2.32 bits per heavy atom. The maximum absolute atomic E-state index is 11.6. The first-order valence-corrected chi connectivity index (χ1v) is 7.46. The summed E-state index contributed by atoms with van der Waals surface area (Å²) in [6.45, 7) is 1.26. The van der Waals surface area contributed by atoms with E-state index < -0.39 is 0 Å². The van der Waals surface area contributed by atoms with Crippen LogP contribution in [0.4, 0.5) is 0 Å². The number of aliphatic imine (C=N–C) groups is 1. The zero-order valence-electron chi connectivity index (χ0n) is 10.4. The van der Waals surface area contributed by atoms with E-state index in [1.807, 2.05) is 18.2 Å². The van der Waals surface area contributed by atoms with Crippen LogP contribution in [0.1, 0.15) is 12.8 Å². The first-order valence-electron chi connectivity index (χ1n) is 6.10. The van der Waals surface area contributed by atoms with Crippen LogP contribution < -0.4 is 10.1 Å². The van der Waals surface area contributed by atoms with Gasteiger partial charge in [0.15, 0.2) is 5.17 Å². The topological polar surface area (TPSA) is 50.7 Å². The molecule has 2 rings (SSSR count). The average molecular weight is 299 g/mol. The van der Waals surface area contributed by atoms with Crippen molar-refractivity contribution in [2.45, 2.75) is 12.8 Å². The monoisotopic (exact) mass is 298 g/mol. The normalized spacial score (nSPS) is 14.1. The number of thioether (sulfide) groups is 1. The van der Waals surface area contributed by atoms with E-state index in [0.717, 1.165) is 17.5 Å². The third-order valence-electron chi connectivity index (χ3n) is 2.47. The quantitative estimate of drug-likeness (QED) is 0.850. The molecule has 6 heteroatoms. The molecule has 19 heavy (non-hydrogen) atoms. The van der Waals surface area contributed by atoms with E-state index in [4.69, 9.17) is 16.3 Å². The Morgan fingerprint density at radius 1 is 1.47 bits per heavy atom. The standard InChI is InChI=1S/C13H15ClN2O2S/c14-10-4-1-2-5-11(10)18-8-3-6-12(17)16-13-15-7-9-19-13/h1-2,4-5H,3,6-9H2,(H,15,16,17). The fourth-order valence-electron chi connectivity index (χ4n) is 1.57. The number of nitrogens with zero attached hydrogens (tertiary/aromatic N) is 1. The number of amidine groups is 1. The lowest BCUT2D eigenvalue weighted by Crippen LogP contribution is -2.27. The largest absolute Gasteiger partial charge is 0.492 e. The summed E-state index contributed by atoms with van der Waals surface area (Å²) in [5, 5.41) is 4.10. The van der Waals surface area contributed by atoms with Gasteiger partial charge < -0.3 is 10.1 Å². The lowest BCUT2D eigenvalue weighted by atomic mass is 10.3. The highest BCUT2D eigenvalue weighted by molar-refractivity contribution is 8.14. The minimum absolute atomic E-state index is 0.0177. The van der Waals surface area contributed by atoms with Gasteiger partial charge in [-0.2, -0.15) is 0 Å². The minimum atomic E-state index is -0.0177. The summed E-state index contributed by atoms with van der Waals surface area (Å²) < 4.78 is 5.51. The maximum atomic E-state index is 11.6. The highest BCUT2D eigenvalue weighted by Crippen LogP contribution is 2.23. The van der Waals surface area contributed by atoms with E-state index in [1.54, 1.807) is 17.8 Å². The van der Waals surface area contributed by atoms with E-state index >= 15 is 0 Å². The summed E-state index contributed by atoms with van der Waals surface area (Å²) >= 11 is 7.53. The Kier molecular flexibility index (Phi) is 5.54. The summed E-state index contributed by atoms with van der Waals surface area (Å²) in [6.07, 6.45) is 1.07. The van der Waals surface area contributed by atoms with Crippen LogP contribution in [0.2, 0.25) is 5.02 Å². The molecule has 0 radical (unpaired) electrons. The second-order valence-electron chi connectivity index (χ2n) is 3.97. The van der Waals surface area contributed by atoms with Gasteiger partial charge in [-0.05, 0) is 18.6 Å². The Bertz CT molecular complexity index is 479. The van der Waals surface area contributed by atoms with Crippen molar-refractivity contribution in [2.24, 2.45) is 4.99 Å². The van der Waals surface area contributed by atoms with Crippen molar-refractivity contribution in [3.8, 4) is 5.75 Å². The molecule has 1 N–H and O–H groups in total. The van der Waals surface area contributed by atoms with Crippen LogP contribution in [0.15, 0.2) is 29.3 Å². The van der Waals surface area contributed by atoms with Gasteiger partial charge in [-0.25, -0.2) is 0 Å². The highest BCUT2D eigenvalue weighted by atomic mass is 35.5. The number of carbonyl (C=O) groups is 1. The molecule has 0 saturated carbocycles. The van der Waals surface area contributed by atoms with Crippen molar-refractivity contribution in [2.75, 3.05) is 18.9 Å². The molecule has 0 saturated heterocycles. The van der Waals surface area contributed by atoms with Gasteiger partial charge in [-0.3, -0.25) is 9.79 Å². The molecule has 4 nitrogen and oxygen atoms in total. The van der Waals surface area contributed by atoms with Gasteiger partial charge in [0.25, 0.3) is 0 Å². The van der Waals surface area contributed by atoms with Gasteiger partial charge >= 0.3 is 0 Å². The number of ether oxygens (including phenoxy) is 1. The van der Waals surface area contributed by atoms with Crippen molar-refractivity contribution in [3.63, 3.8) is 0 Å². The lowest BCUT2D eigenvalue weighted by molar-refractivity contribution is -0.119. The molecule has 0 unspecified atom stereocenters. The highest BCUT2D eigenvalue weighted by Gasteiger charge is 2.10. The molecule has 0 atom stereocenters. The van der Waals surface area contributed by atoms with Crippen LogP contribution in [0.25, 0.3) is 0 Å². The smallest absolute Gasteiger partial charge is 0.226 e. The Hall–Kier alpha value is -1.20. The van der Waals surface area contributed by atoms with Gasteiger partial charge in [-0.1, -0.05) is 35.5 Å². The predicted molar refractivity (Wildman–Crippen MR) is 79.1 cm³/mol. The van der Waals surface area contributed by atoms with E-state index in [2.05, 4.69) is 10.3 Å². The van der Waals surface area contributed by atoms with Crippen molar-refractivity contribution >= 4 is 34.4 Å². The number of benzene rings is 1. The molecular formula is C13H15ClN2O2S. The second-order valence-corrected chi connectivity index (χ2v) is 5.46. The number of hydrogen-bond acceptors (Lipinski definition) is 4. The molecule has 0 bridgehead atoms. The Balaban J connectivity index is 1.64. The number of rotatable bonds is 5. The molecule has 1 heterocycles. The summed E-state index contributed by atoms with van der Waals surface area (Å²) in [5.74, 6) is 1.59. The SMILES string of the molecule is O=C(CCCOc1ccccc1Cl)NC1=NCCS1. The maximum Gasteiger partial charge on any atom is 0.226 e. The minimum Gasteiger partial charge on any atom is -0.492 e. The number of amides is 1. The zero-order valence-corrected chi connectivity index (χ0v) is 12.0. The molecule has 1 amide bonds. The first-order chi connectivity index (χ1) is 9.25. The van der Waals surface area contributed by atoms with E-state index in [9.17, 15) is 4.79 Å². The summed E-state index contributed by atoms with van der Waals surface area (Å²) in [5.41, 5.74) is 0. The second kappa shape index (κ2) is 7.40. The molecule has 1 aromatic carbocycles. The number of halogens is 1. The van der Waals surface area contributed by atoms with Crippen LogP contribution in [0.5, 0.6) is 5.75 Å². The molecule has 1 aromatic rings. The fraction of sp³-hybridized carbons (Fsp3) is 0.385. The summed E-state index contributed by atoms with van der Waals surface area (Å²) in [6, 6.07) is 7.30. The fourth-order valence-corrected chi connectivity index (χ4v) is 2.50. The number of nitrogens with one attached hydrogen (secondary N) is 1. The van der Waals surface area contributed by atoms with E-state index in [-0.39, 0.29) is 5.91 Å². The van der Waals surface area contributed by atoms with Gasteiger partial charge in [0.2, 0.25) is 5.91 Å². The average Bonchev–Trinajstić information content (AvgIpc) is 2.89. The van der Waals surface area contributed by atoms with Crippen molar-refractivity contribution < 1.29 is 9.53 Å². The summed E-state index contributed by atoms with van der Waals surface area (Å²) in [4.78, 5) is 15.8.